The predicted molar refractivity (Wildman–Crippen MR) is 85.3 cm³/mol. The van der Waals surface area contributed by atoms with Crippen molar-refractivity contribution in [3.8, 4) is 11.1 Å². The summed E-state index contributed by atoms with van der Waals surface area (Å²) in [6.07, 6.45) is 2.06. The average molecular weight is 272 g/mol. The van der Waals surface area contributed by atoms with Gasteiger partial charge in [0.25, 0.3) is 0 Å². The van der Waals surface area contributed by atoms with E-state index in [4.69, 9.17) is 0 Å². The first-order valence-corrected chi connectivity index (χ1v) is 6.99. The van der Waals surface area contributed by atoms with Gasteiger partial charge in [-0.2, -0.15) is 0 Å². The summed E-state index contributed by atoms with van der Waals surface area (Å²) >= 11 is 0. The maximum atomic E-state index is 13.4. The van der Waals surface area contributed by atoms with Gasteiger partial charge in [-0.1, -0.05) is 60.7 Å². The molecule has 0 amide bonds. The van der Waals surface area contributed by atoms with Gasteiger partial charge >= 0.3 is 0 Å². The molecule has 3 aromatic rings. The van der Waals surface area contributed by atoms with Crippen molar-refractivity contribution in [2.75, 3.05) is 0 Å². The van der Waals surface area contributed by atoms with Crippen molar-refractivity contribution in [2.45, 2.75) is 0 Å². The second-order valence-corrected chi connectivity index (χ2v) is 5.20. The molecule has 0 fully saturated rings. The molecule has 0 heterocycles. The molecular weight excluding hydrogens is 259 g/mol. The van der Waals surface area contributed by atoms with E-state index in [-0.39, 0.29) is 5.82 Å². The second kappa shape index (κ2) is 4.71. The number of halogens is 1. The van der Waals surface area contributed by atoms with Crippen molar-refractivity contribution in [2.24, 2.45) is 0 Å². The Hall–Kier alpha value is -2.67. The molecule has 0 spiro atoms. The Morgan fingerprint density at radius 2 is 1.19 bits per heavy atom. The van der Waals surface area contributed by atoms with Crippen LogP contribution in [0.2, 0.25) is 0 Å². The highest BCUT2D eigenvalue weighted by Gasteiger charge is 2.22. The van der Waals surface area contributed by atoms with Crippen LogP contribution in [0.1, 0.15) is 16.7 Å². The maximum absolute atomic E-state index is 13.4. The van der Waals surface area contributed by atoms with Crippen LogP contribution in [0.15, 0.2) is 72.8 Å². The van der Waals surface area contributed by atoms with E-state index in [1.165, 1.54) is 28.3 Å². The van der Waals surface area contributed by atoms with Crippen LogP contribution < -0.4 is 0 Å². The zero-order valence-corrected chi connectivity index (χ0v) is 11.4. The summed E-state index contributed by atoms with van der Waals surface area (Å²) in [5, 5.41) is 0. The van der Waals surface area contributed by atoms with Crippen molar-refractivity contribution in [1.82, 2.24) is 0 Å². The molecule has 0 saturated heterocycles. The highest BCUT2D eigenvalue weighted by molar-refractivity contribution is 6.06. The van der Waals surface area contributed by atoms with Gasteiger partial charge in [-0.05, 0) is 51.6 Å². The van der Waals surface area contributed by atoms with Gasteiger partial charge in [-0.25, -0.2) is 4.39 Å². The molecule has 4 rings (SSSR count). The minimum absolute atomic E-state index is 0.205. The van der Waals surface area contributed by atoms with E-state index in [0.717, 1.165) is 11.1 Å². The Kier molecular flexibility index (Phi) is 2.71. The number of benzene rings is 3. The number of hydrogen-bond donors (Lipinski definition) is 0. The maximum Gasteiger partial charge on any atom is 0.123 e. The largest absolute Gasteiger partial charge is 0.207 e. The zero-order valence-electron chi connectivity index (χ0n) is 11.4. The van der Waals surface area contributed by atoms with Gasteiger partial charge in [0.05, 0.1) is 0 Å². The lowest BCUT2D eigenvalue weighted by Gasteiger charge is -2.03. The molecule has 1 aliphatic carbocycles. The van der Waals surface area contributed by atoms with Crippen molar-refractivity contribution >= 4 is 11.6 Å². The van der Waals surface area contributed by atoms with Gasteiger partial charge in [0, 0.05) is 0 Å². The summed E-state index contributed by atoms with van der Waals surface area (Å²) in [5.74, 6) is -0.205. The Morgan fingerprint density at radius 3 is 1.76 bits per heavy atom. The van der Waals surface area contributed by atoms with Crippen LogP contribution in [0.25, 0.3) is 22.8 Å². The first-order valence-electron chi connectivity index (χ1n) is 6.99. The SMILES string of the molecule is Fc1cccc(C=C2c3ccccc3-c3ccccc32)c1. The minimum atomic E-state index is -0.205. The molecule has 1 heteroatoms. The van der Waals surface area contributed by atoms with Crippen LogP contribution >= 0.6 is 0 Å². The van der Waals surface area contributed by atoms with E-state index in [9.17, 15) is 4.39 Å². The van der Waals surface area contributed by atoms with Crippen molar-refractivity contribution in [1.29, 1.82) is 0 Å². The van der Waals surface area contributed by atoms with Crippen LogP contribution in [0, 0.1) is 5.82 Å². The minimum Gasteiger partial charge on any atom is -0.207 e. The average Bonchev–Trinajstić information content (AvgIpc) is 2.83. The van der Waals surface area contributed by atoms with E-state index in [1.54, 1.807) is 12.1 Å². The lowest BCUT2D eigenvalue weighted by molar-refractivity contribution is 0.627. The van der Waals surface area contributed by atoms with Crippen molar-refractivity contribution < 1.29 is 4.39 Å². The summed E-state index contributed by atoms with van der Waals surface area (Å²) in [6, 6.07) is 23.4. The zero-order chi connectivity index (χ0) is 14.2. The third-order valence-corrected chi connectivity index (χ3v) is 3.88. The van der Waals surface area contributed by atoms with Crippen LogP contribution in [0.4, 0.5) is 4.39 Å². The normalized spacial score (nSPS) is 12.0. The van der Waals surface area contributed by atoms with E-state index >= 15 is 0 Å². The lowest BCUT2D eigenvalue weighted by atomic mass is 10.0. The molecule has 0 aromatic heterocycles. The molecule has 0 aliphatic heterocycles. The molecular formula is C20H13F. The van der Waals surface area contributed by atoms with Gasteiger partial charge in [0.15, 0.2) is 0 Å². The molecule has 0 nitrogen and oxygen atoms in total. The standard InChI is InChI=1S/C20H13F/c21-15-7-5-6-14(12-15)13-20-18-10-3-1-8-16(18)17-9-2-4-11-19(17)20/h1-13H. The molecule has 3 aromatic carbocycles. The fourth-order valence-corrected chi connectivity index (χ4v) is 2.97. The summed E-state index contributed by atoms with van der Waals surface area (Å²) in [5.41, 5.74) is 6.96. The Morgan fingerprint density at radius 1 is 0.619 bits per heavy atom. The van der Waals surface area contributed by atoms with E-state index < -0.39 is 0 Å². The quantitative estimate of drug-likeness (QED) is 0.435. The predicted octanol–water partition coefficient (Wildman–Crippen LogP) is 5.40. The molecule has 0 bridgehead atoms. The Balaban J connectivity index is 1.97. The van der Waals surface area contributed by atoms with Crippen LogP contribution in [-0.4, -0.2) is 0 Å². The Labute approximate surface area is 123 Å². The molecule has 0 N–H and O–H groups in total. The molecule has 21 heavy (non-hydrogen) atoms. The molecule has 100 valence electrons. The highest BCUT2D eigenvalue weighted by atomic mass is 19.1. The molecule has 0 saturated carbocycles. The van der Waals surface area contributed by atoms with Crippen molar-refractivity contribution in [3.63, 3.8) is 0 Å². The summed E-state index contributed by atoms with van der Waals surface area (Å²) in [7, 11) is 0. The van der Waals surface area contributed by atoms with Gasteiger partial charge in [0.1, 0.15) is 5.82 Å². The van der Waals surface area contributed by atoms with Gasteiger partial charge in [0.2, 0.25) is 0 Å². The highest BCUT2D eigenvalue weighted by Crippen LogP contribution is 2.44. The topological polar surface area (TPSA) is 0 Å². The third kappa shape index (κ3) is 1.98. The van der Waals surface area contributed by atoms with Crippen molar-refractivity contribution in [3.05, 3.63) is 95.3 Å². The number of rotatable bonds is 1. The Bertz CT molecular complexity index is 811. The van der Waals surface area contributed by atoms with Gasteiger partial charge < -0.3 is 0 Å². The molecule has 0 atom stereocenters. The molecule has 1 aliphatic rings. The summed E-state index contributed by atoms with van der Waals surface area (Å²) in [4.78, 5) is 0. The van der Waals surface area contributed by atoms with Gasteiger partial charge in [-0.15, -0.1) is 0 Å². The number of hydrogen-bond acceptors (Lipinski definition) is 0. The smallest absolute Gasteiger partial charge is 0.123 e. The first kappa shape index (κ1) is 12.1. The third-order valence-electron chi connectivity index (χ3n) is 3.88. The van der Waals surface area contributed by atoms with Crippen LogP contribution in [0.3, 0.4) is 0 Å². The van der Waals surface area contributed by atoms with E-state index in [1.807, 2.05) is 18.2 Å². The fraction of sp³-hybridized carbons (Fsp3) is 0. The van der Waals surface area contributed by atoms with E-state index in [2.05, 4.69) is 42.5 Å². The monoisotopic (exact) mass is 272 g/mol. The second-order valence-electron chi connectivity index (χ2n) is 5.20. The van der Waals surface area contributed by atoms with E-state index in [0.29, 0.717) is 0 Å². The molecule has 0 unspecified atom stereocenters. The summed E-state index contributed by atoms with van der Waals surface area (Å²) < 4.78 is 13.4. The molecule has 0 radical (unpaired) electrons. The van der Waals surface area contributed by atoms with Crippen LogP contribution in [0.5, 0.6) is 0 Å². The van der Waals surface area contributed by atoms with Gasteiger partial charge in [-0.3, -0.25) is 0 Å². The van der Waals surface area contributed by atoms with Crippen LogP contribution in [-0.2, 0) is 0 Å². The number of fused-ring (bicyclic) bond motifs is 3. The first-order chi connectivity index (χ1) is 10.3. The summed E-state index contributed by atoms with van der Waals surface area (Å²) in [6.45, 7) is 0. The fourth-order valence-electron chi connectivity index (χ4n) is 2.97. The lowest BCUT2D eigenvalue weighted by Crippen LogP contribution is -1.82.